The molecule has 0 amide bonds. The maximum Gasteiger partial charge on any atom is 0.0206 e. The minimum atomic E-state index is 0.615. The molecule has 0 spiro atoms. The van der Waals surface area contributed by atoms with Crippen LogP contribution in [0.25, 0.3) is 0 Å². The first-order valence-corrected chi connectivity index (χ1v) is 5.17. The van der Waals surface area contributed by atoms with E-state index in [1.165, 1.54) is 5.33 Å². The molecule has 0 heterocycles. The second-order valence-electron chi connectivity index (χ2n) is 2.98. The first kappa shape index (κ1) is 7.32. The van der Waals surface area contributed by atoms with Crippen LogP contribution in [0.5, 0.6) is 0 Å². The van der Waals surface area contributed by atoms with E-state index in [4.69, 9.17) is 0 Å². The summed E-state index contributed by atoms with van der Waals surface area (Å²) in [6, 6.07) is 0. The van der Waals surface area contributed by atoms with E-state index in [1.807, 2.05) is 0 Å². The van der Waals surface area contributed by atoms with Crippen molar-refractivity contribution in [3.63, 3.8) is 0 Å². The minimum Gasteiger partial charge on any atom is -0.0924 e. The number of rotatable bonds is 1. The summed E-state index contributed by atoms with van der Waals surface area (Å²) in [5, 5.41) is 1.17. The average molecular weight is 289 g/mol. The zero-order valence-electron chi connectivity index (χ0n) is 5.12. The van der Waals surface area contributed by atoms with Crippen molar-refractivity contribution < 1.29 is 0 Å². The van der Waals surface area contributed by atoms with Gasteiger partial charge in [0.2, 0.25) is 0 Å². The number of alkyl halides is 2. The third-order valence-electron chi connectivity index (χ3n) is 2.08. The van der Waals surface area contributed by atoms with Gasteiger partial charge in [-0.05, 0) is 11.3 Å². The zero-order valence-corrected chi connectivity index (χ0v) is 8.86. The largest absolute Gasteiger partial charge is 0.0924 e. The Bertz CT molecular complexity index is 101. The fourth-order valence-electron chi connectivity index (χ4n) is 0.954. The molecule has 2 heteroatoms. The molecule has 1 rings (SSSR count). The van der Waals surface area contributed by atoms with E-state index in [2.05, 4.69) is 52.4 Å². The van der Waals surface area contributed by atoms with Crippen molar-refractivity contribution in [3.8, 4) is 0 Å². The van der Waals surface area contributed by atoms with Crippen molar-refractivity contribution >= 4 is 38.5 Å². The molecule has 48 valence electrons. The van der Waals surface area contributed by atoms with Crippen molar-refractivity contribution in [2.24, 2.45) is 11.3 Å². The number of hydrogen-bond acceptors (Lipinski definition) is 0. The Morgan fingerprint density at radius 1 is 1.62 bits per heavy atom. The molecule has 0 nitrogen and oxygen atoms in total. The van der Waals surface area contributed by atoms with Crippen molar-refractivity contribution in [1.29, 1.82) is 0 Å². The molecule has 0 aromatic carbocycles. The van der Waals surface area contributed by atoms with Gasteiger partial charge in [-0.25, -0.2) is 0 Å². The van der Waals surface area contributed by atoms with Crippen LogP contribution in [0.15, 0.2) is 0 Å². The Labute approximate surface area is 72.7 Å². The SMILES string of the molecule is CC1(C)[C@H](I)[C@H]1CBr. The highest BCUT2D eigenvalue weighted by atomic mass is 127. The molecule has 1 aliphatic rings. The van der Waals surface area contributed by atoms with E-state index in [-0.39, 0.29) is 0 Å². The molecule has 0 radical (unpaired) electrons. The van der Waals surface area contributed by atoms with Gasteiger partial charge in [0, 0.05) is 9.25 Å². The molecule has 0 aromatic heterocycles. The summed E-state index contributed by atoms with van der Waals surface area (Å²) >= 11 is 6.02. The molecule has 2 atom stereocenters. The van der Waals surface area contributed by atoms with Gasteiger partial charge in [-0.2, -0.15) is 0 Å². The van der Waals surface area contributed by atoms with Crippen LogP contribution in [0, 0.1) is 11.3 Å². The summed E-state index contributed by atoms with van der Waals surface area (Å²) in [5.41, 5.74) is 0.615. The van der Waals surface area contributed by atoms with Gasteiger partial charge in [0.05, 0.1) is 0 Å². The standard InChI is InChI=1S/C6H10BrI/c1-6(2)4(3-7)5(6)8/h4-5H,3H2,1-2H3/t4-,5-/m1/s1. The Morgan fingerprint density at radius 2 is 2.00 bits per heavy atom. The maximum atomic E-state index is 3.49. The van der Waals surface area contributed by atoms with Gasteiger partial charge >= 0.3 is 0 Å². The summed E-state index contributed by atoms with van der Waals surface area (Å²) in [6.45, 7) is 4.66. The van der Waals surface area contributed by atoms with E-state index in [0.29, 0.717) is 5.41 Å². The van der Waals surface area contributed by atoms with Gasteiger partial charge in [0.25, 0.3) is 0 Å². The third-order valence-corrected chi connectivity index (χ3v) is 5.25. The van der Waals surface area contributed by atoms with Gasteiger partial charge in [0.1, 0.15) is 0 Å². The molecule has 1 saturated carbocycles. The van der Waals surface area contributed by atoms with Crippen LogP contribution < -0.4 is 0 Å². The van der Waals surface area contributed by atoms with Crippen LogP contribution in [0.2, 0.25) is 0 Å². The lowest BCUT2D eigenvalue weighted by molar-refractivity contribution is 0.595. The molecule has 1 fully saturated rings. The molecule has 8 heavy (non-hydrogen) atoms. The van der Waals surface area contributed by atoms with E-state index in [9.17, 15) is 0 Å². The van der Waals surface area contributed by atoms with Crippen molar-refractivity contribution in [1.82, 2.24) is 0 Å². The fraction of sp³-hybridized carbons (Fsp3) is 1.00. The normalized spacial score (nSPS) is 42.0. The lowest BCUT2D eigenvalue weighted by Crippen LogP contribution is -1.89. The lowest BCUT2D eigenvalue weighted by atomic mass is 10.1. The smallest absolute Gasteiger partial charge is 0.0206 e. The van der Waals surface area contributed by atoms with E-state index >= 15 is 0 Å². The van der Waals surface area contributed by atoms with Crippen molar-refractivity contribution in [2.75, 3.05) is 5.33 Å². The molecule has 0 aliphatic heterocycles. The minimum absolute atomic E-state index is 0.615. The van der Waals surface area contributed by atoms with Gasteiger partial charge < -0.3 is 0 Å². The Balaban J connectivity index is 2.45. The monoisotopic (exact) mass is 288 g/mol. The topological polar surface area (TPSA) is 0 Å². The van der Waals surface area contributed by atoms with Crippen LogP contribution in [0.3, 0.4) is 0 Å². The van der Waals surface area contributed by atoms with Gasteiger partial charge in [-0.3, -0.25) is 0 Å². The summed E-state index contributed by atoms with van der Waals surface area (Å²) in [5.74, 6) is 0.920. The molecular formula is C6H10BrI. The Kier molecular flexibility index (Phi) is 1.93. The molecular weight excluding hydrogens is 279 g/mol. The van der Waals surface area contributed by atoms with Crippen LogP contribution in [-0.2, 0) is 0 Å². The molecule has 1 aliphatic carbocycles. The summed E-state index contributed by atoms with van der Waals surface area (Å²) in [4.78, 5) is 0. The van der Waals surface area contributed by atoms with Crippen molar-refractivity contribution in [2.45, 2.75) is 17.8 Å². The highest BCUT2D eigenvalue weighted by Gasteiger charge is 2.55. The molecule has 0 N–H and O–H groups in total. The average Bonchev–Trinajstić information content (AvgIpc) is 2.09. The van der Waals surface area contributed by atoms with Gasteiger partial charge in [0.15, 0.2) is 0 Å². The molecule has 0 saturated heterocycles. The lowest BCUT2D eigenvalue weighted by Gasteiger charge is -1.95. The first-order chi connectivity index (χ1) is 3.60. The molecule has 0 unspecified atom stereocenters. The number of halogens is 2. The predicted molar refractivity (Wildman–Crippen MR) is 48.9 cm³/mol. The Hall–Kier alpha value is 1.21. The fourth-order valence-corrected chi connectivity index (χ4v) is 4.30. The van der Waals surface area contributed by atoms with Crippen LogP contribution in [-0.4, -0.2) is 9.25 Å². The maximum absolute atomic E-state index is 3.49. The summed E-state index contributed by atoms with van der Waals surface area (Å²) in [7, 11) is 0. The molecule has 0 bridgehead atoms. The predicted octanol–water partition coefficient (Wildman–Crippen LogP) is 2.84. The Morgan fingerprint density at radius 3 is 2.00 bits per heavy atom. The van der Waals surface area contributed by atoms with E-state index in [0.717, 1.165) is 9.84 Å². The van der Waals surface area contributed by atoms with Crippen LogP contribution >= 0.6 is 38.5 Å². The zero-order chi connectivity index (χ0) is 6.36. The molecule has 0 aromatic rings. The van der Waals surface area contributed by atoms with Crippen LogP contribution in [0.4, 0.5) is 0 Å². The van der Waals surface area contributed by atoms with Crippen LogP contribution in [0.1, 0.15) is 13.8 Å². The van der Waals surface area contributed by atoms with E-state index in [1.54, 1.807) is 0 Å². The van der Waals surface area contributed by atoms with Gasteiger partial charge in [-0.15, -0.1) is 0 Å². The highest BCUT2D eigenvalue weighted by molar-refractivity contribution is 14.1. The second kappa shape index (κ2) is 2.11. The third kappa shape index (κ3) is 0.939. The summed E-state index contributed by atoms with van der Waals surface area (Å²) < 4.78 is 0.902. The highest BCUT2D eigenvalue weighted by Crippen LogP contribution is 2.57. The summed E-state index contributed by atoms with van der Waals surface area (Å²) in [6.07, 6.45) is 0. The second-order valence-corrected chi connectivity index (χ2v) is 4.97. The quantitative estimate of drug-likeness (QED) is 0.514. The van der Waals surface area contributed by atoms with E-state index < -0.39 is 0 Å². The van der Waals surface area contributed by atoms with Gasteiger partial charge in [-0.1, -0.05) is 52.4 Å². The number of hydrogen-bond donors (Lipinski definition) is 0. The van der Waals surface area contributed by atoms with Crippen molar-refractivity contribution in [3.05, 3.63) is 0 Å². The first-order valence-electron chi connectivity index (χ1n) is 2.80.